The maximum absolute atomic E-state index is 5.49. The summed E-state index contributed by atoms with van der Waals surface area (Å²) < 4.78 is 10.7. The zero-order valence-electron chi connectivity index (χ0n) is 15.9. The maximum Gasteiger partial charge on any atom is 0.191 e. The van der Waals surface area contributed by atoms with Crippen molar-refractivity contribution in [3.05, 3.63) is 24.3 Å². The molecule has 0 saturated carbocycles. The Hall–Kier alpha value is -1.95. The smallest absolute Gasteiger partial charge is 0.191 e. The van der Waals surface area contributed by atoms with Gasteiger partial charge in [0.1, 0.15) is 5.75 Å². The molecule has 2 unspecified atom stereocenters. The van der Waals surface area contributed by atoms with E-state index in [1.165, 1.54) is 5.69 Å². The molecule has 25 heavy (non-hydrogen) atoms. The summed E-state index contributed by atoms with van der Waals surface area (Å²) in [5, 5.41) is 6.69. The lowest BCUT2D eigenvalue weighted by atomic mass is 10.1. The fourth-order valence-corrected chi connectivity index (χ4v) is 3.16. The molecule has 0 spiro atoms. The molecule has 2 rings (SSSR count). The van der Waals surface area contributed by atoms with Crippen LogP contribution in [0.15, 0.2) is 29.3 Å². The molecule has 1 aliphatic heterocycles. The van der Waals surface area contributed by atoms with Crippen LogP contribution >= 0.6 is 0 Å². The van der Waals surface area contributed by atoms with E-state index in [2.05, 4.69) is 41.5 Å². The van der Waals surface area contributed by atoms with Gasteiger partial charge in [0.15, 0.2) is 5.96 Å². The van der Waals surface area contributed by atoms with Crippen molar-refractivity contribution in [2.45, 2.75) is 26.3 Å². The number of para-hydroxylation sites is 2. The zero-order valence-corrected chi connectivity index (χ0v) is 15.9. The van der Waals surface area contributed by atoms with Crippen LogP contribution in [-0.4, -0.2) is 59.0 Å². The number of benzene rings is 1. The fraction of sp³-hybridized carbons (Fsp3) is 0.632. The average Bonchev–Trinajstić information content (AvgIpc) is 3.09. The minimum absolute atomic E-state index is 0.233. The van der Waals surface area contributed by atoms with Gasteiger partial charge in [-0.25, -0.2) is 0 Å². The number of rotatable bonds is 8. The largest absolute Gasteiger partial charge is 0.495 e. The molecular formula is C19H32N4O2. The van der Waals surface area contributed by atoms with Crippen LogP contribution in [-0.2, 0) is 4.74 Å². The third-order valence-electron chi connectivity index (χ3n) is 4.36. The summed E-state index contributed by atoms with van der Waals surface area (Å²) >= 11 is 0. The van der Waals surface area contributed by atoms with Gasteiger partial charge in [0.25, 0.3) is 0 Å². The predicted octanol–water partition coefficient (Wildman–Crippen LogP) is 2.11. The van der Waals surface area contributed by atoms with E-state index < -0.39 is 0 Å². The Labute approximate surface area is 151 Å². The van der Waals surface area contributed by atoms with Crippen molar-refractivity contribution in [2.24, 2.45) is 10.9 Å². The van der Waals surface area contributed by atoms with Crippen molar-refractivity contribution < 1.29 is 9.47 Å². The summed E-state index contributed by atoms with van der Waals surface area (Å²) in [7, 11) is 3.44. The van der Waals surface area contributed by atoms with Crippen molar-refractivity contribution in [3.63, 3.8) is 0 Å². The monoisotopic (exact) mass is 348 g/mol. The van der Waals surface area contributed by atoms with Gasteiger partial charge >= 0.3 is 0 Å². The molecule has 2 atom stereocenters. The second kappa shape index (κ2) is 10.1. The molecule has 0 amide bonds. The van der Waals surface area contributed by atoms with Crippen molar-refractivity contribution in [1.82, 2.24) is 10.6 Å². The van der Waals surface area contributed by atoms with E-state index in [4.69, 9.17) is 14.5 Å². The lowest BCUT2D eigenvalue weighted by Crippen LogP contribution is -2.44. The highest BCUT2D eigenvalue weighted by Crippen LogP contribution is 2.31. The minimum Gasteiger partial charge on any atom is -0.495 e. The molecular weight excluding hydrogens is 316 g/mol. The summed E-state index contributed by atoms with van der Waals surface area (Å²) in [6.45, 7) is 8.56. The first-order chi connectivity index (χ1) is 12.2. The first kappa shape index (κ1) is 19.4. The van der Waals surface area contributed by atoms with E-state index in [1.807, 2.05) is 12.1 Å². The molecule has 1 aromatic rings. The summed E-state index contributed by atoms with van der Waals surface area (Å²) in [5.41, 5.74) is 1.18. The highest BCUT2D eigenvalue weighted by molar-refractivity contribution is 5.80. The number of hydrogen-bond donors (Lipinski definition) is 2. The van der Waals surface area contributed by atoms with Crippen LogP contribution in [0.3, 0.4) is 0 Å². The maximum atomic E-state index is 5.49. The summed E-state index contributed by atoms with van der Waals surface area (Å²) in [5.74, 6) is 2.36. The Morgan fingerprint density at radius 1 is 1.36 bits per heavy atom. The Kier molecular flexibility index (Phi) is 7.85. The van der Waals surface area contributed by atoms with Crippen LogP contribution < -0.4 is 20.3 Å². The molecule has 1 aromatic carbocycles. The molecule has 0 aliphatic carbocycles. The summed E-state index contributed by atoms with van der Waals surface area (Å²) in [4.78, 5) is 7.17. The van der Waals surface area contributed by atoms with E-state index >= 15 is 0 Å². The fourth-order valence-electron chi connectivity index (χ4n) is 3.16. The number of anilines is 1. The number of nitrogens with one attached hydrogen (secondary N) is 2. The van der Waals surface area contributed by atoms with Gasteiger partial charge in [-0.05, 0) is 38.3 Å². The molecule has 6 heteroatoms. The number of methoxy groups -OCH3 is 2. The molecule has 6 nitrogen and oxygen atoms in total. The van der Waals surface area contributed by atoms with Gasteiger partial charge in [0.05, 0.1) is 19.4 Å². The van der Waals surface area contributed by atoms with Gasteiger partial charge in [-0.15, -0.1) is 0 Å². The number of nitrogens with zero attached hydrogens (tertiary/aromatic N) is 2. The van der Waals surface area contributed by atoms with Crippen LogP contribution in [0.5, 0.6) is 5.75 Å². The number of aliphatic imine (C=N–C) groups is 1. The Morgan fingerprint density at radius 3 is 2.88 bits per heavy atom. The molecule has 1 heterocycles. The van der Waals surface area contributed by atoms with Gasteiger partial charge in [-0.3, -0.25) is 4.99 Å². The lowest BCUT2D eigenvalue weighted by Gasteiger charge is -2.21. The second-order valence-electron chi connectivity index (χ2n) is 6.49. The van der Waals surface area contributed by atoms with Crippen LogP contribution in [0.4, 0.5) is 5.69 Å². The van der Waals surface area contributed by atoms with E-state index in [-0.39, 0.29) is 6.04 Å². The van der Waals surface area contributed by atoms with Crippen LogP contribution in [0.1, 0.15) is 20.3 Å². The topological polar surface area (TPSA) is 58.1 Å². The van der Waals surface area contributed by atoms with E-state index in [9.17, 15) is 0 Å². The van der Waals surface area contributed by atoms with E-state index in [1.54, 1.807) is 14.2 Å². The predicted molar refractivity (Wildman–Crippen MR) is 104 cm³/mol. The molecule has 2 N–H and O–H groups in total. The van der Waals surface area contributed by atoms with Crippen molar-refractivity contribution >= 4 is 11.6 Å². The quantitative estimate of drug-likeness (QED) is 0.557. The molecule has 140 valence electrons. The van der Waals surface area contributed by atoms with Crippen molar-refractivity contribution in [1.29, 1.82) is 0 Å². The highest BCUT2D eigenvalue weighted by Gasteiger charge is 2.24. The SMILES string of the molecule is CCNC(=NCC1CCN(c2ccccc2OC)C1)NC(C)COC. The standard InChI is InChI=1S/C19H32N4O2/c1-5-20-19(22-15(2)14-24-3)21-12-16-10-11-23(13-16)17-8-6-7-9-18(17)25-4/h6-9,15-16H,5,10-14H2,1-4H3,(H2,20,21,22). The Morgan fingerprint density at radius 2 is 2.16 bits per heavy atom. The summed E-state index contributed by atoms with van der Waals surface area (Å²) in [6, 6.07) is 8.45. The van der Waals surface area contributed by atoms with Crippen molar-refractivity contribution in [3.8, 4) is 5.75 Å². The van der Waals surface area contributed by atoms with Gasteiger partial charge in [-0.1, -0.05) is 12.1 Å². The average molecular weight is 348 g/mol. The number of guanidine groups is 1. The third-order valence-corrected chi connectivity index (χ3v) is 4.36. The molecule has 0 bridgehead atoms. The summed E-state index contributed by atoms with van der Waals surface area (Å²) in [6.07, 6.45) is 1.15. The van der Waals surface area contributed by atoms with Gasteiger partial charge < -0.3 is 25.0 Å². The highest BCUT2D eigenvalue weighted by atomic mass is 16.5. The lowest BCUT2D eigenvalue weighted by molar-refractivity contribution is 0.179. The zero-order chi connectivity index (χ0) is 18.1. The van der Waals surface area contributed by atoms with Crippen LogP contribution in [0.25, 0.3) is 0 Å². The molecule has 1 aliphatic rings. The Balaban J connectivity index is 1.92. The molecule has 1 fully saturated rings. The minimum atomic E-state index is 0.233. The first-order valence-electron chi connectivity index (χ1n) is 9.09. The third kappa shape index (κ3) is 5.81. The normalized spacial score (nSPS) is 19.0. The molecule has 0 radical (unpaired) electrons. The van der Waals surface area contributed by atoms with Crippen LogP contribution in [0.2, 0.25) is 0 Å². The van der Waals surface area contributed by atoms with Gasteiger partial charge in [0, 0.05) is 39.3 Å². The van der Waals surface area contributed by atoms with Crippen LogP contribution in [0, 0.1) is 5.92 Å². The van der Waals surface area contributed by atoms with E-state index in [0.29, 0.717) is 12.5 Å². The first-order valence-corrected chi connectivity index (χ1v) is 9.09. The van der Waals surface area contributed by atoms with E-state index in [0.717, 1.165) is 44.3 Å². The molecule has 1 saturated heterocycles. The number of hydrogen-bond acceptors (Lipinski definition) is 4. The number of ether oxygens (including phenoxy) is 2. The molecule has 0 aromatic heterocycles. The van der Waals surface area contributed by atoms with Crippen molar-refractivity contribution in [2.75, 3.05) is 51.9 Å². The second-order valence-corrected chi connectivity index (χ2v) is 6.49. The van der Waals surface area contributed by atoms with Gasteiger partial charge in [0.2, 0.25) is 0 Å². The van der Waals surface area contributed by atoms with Gasteiger partial charge in [-0.2, -0.15) is 0 Å². The Bertz CT molecular complexity index is 550.